The van der Waals surface area contributed by atoms with E-state index in [9.17, 15) is 14.4 Å². The molecule has 0 aliphatic carbocycles. The maximum Gasteiger partial charge on any atom is 0.329 e. The summed E-state index contributed by atoms with van der Waals surface area (Å²) in [7, 11) is 0. The van der Waals surface area contributed by atoms with Crippen LogP contribution in [0.25, 0.3) is 0 Å². The molecule has 0 aromatic heterocycles. The molecular formula is C21H25N3O5. The number of anilines is 2. The van der Waals surface area contributed by atoms with Crippen molar-refractivity contribution >= 4 is 29.3 Å². The minimum absolute atomic E-state index is 0.483. The van der Waals surface area contributed by atoms with Gasteiger partial charge in [0, 0.05) is 11.4 Å². The van der Waals surface area contributed by atoms with Crippen molar-refractivity contribution in [1.29, 1.82) is 0 Å². The highest BCUT2D eigenvalue weighted by Gasteiger charge is 2.23. The van der Waals surface area contributed by atoms with Crippen molar-refractivity contribution in [2.45, 2.75) is 32.9 Å². The van der Waals surface area contributed by atoms with Gasteiger partial charge in [-0.1, -0.05) is 18.2 Å². The van der Waals surface area contributed by atoms with Crippen LogP contribution < -0.4 is 20.7 Å². The maximum absolute atomic E-state index is 12.2. The van der Waals surface area contributed by atoms with Gasteiger partial charge in [-0.05, 0) is 57.2 Å². The number of hydrogen-bond acceptors (Lipinski definition) is 5. The molecule has 3 amide bonds. The summed E-state index contributed by atoms with van der Waals surface area (Å²) >= 11 is 0. The fourth-order valence-electron chi connectivity index (χ4n) is 2.32. The lowest BCUT2D eigenvalue weighted by atomic mass is 10.2. The van der Waals surface area contributed by atoms with Crippen molar-refractivity contribution in [2.75, 3.05) is 17.2 Å². The number of carbonyl (C=O) groups excluding carboxylic acids is 3. The molecule has 0 radical (unpaired) electrons. The molecule has 2 rings (SSSR count). The molecule has 8 nitrogen and oxygen atoms in total. The number of hydrogen-bond donors (Lipinski definition) is 3. The van der Waals surface area contributed by atoms with Gasteiger partial charge in [-0.2, -0.15) is 0 Å². The highest BCUT2D eigenvalue weighted by Crippen LogP contribution is 2.16. The normalized spacial score (nSPS) is 12.2. The Balaban J connectivity index is 1.80. The molecule has 0 saturated carbocycles. The molecule has 0 aliphatic heterocycles. The largest absolute Gasteiger partial charge is 0.494 e. The number of esters is 1. The molecule has 3 N–H and O–H groups in total. The quantitative estimate of drug-likeness (QED) is 0.591. The molecule has 0 fully saturated rings. The topological polar surface area (TPSA) is 106 Å². The molecule has 0 bridgehead atoms. The lowest BCUT2D eigenvalue weighted by molar-refractivity contribution is -0.154. The molecule has 2 aromatic rings. The monoisotopic (exact) mass is 399 g/mol. The van der Waals surface area contributed by atoms with E-state index in [0.717, 1.165) is 0 Å². The van der Waals surface area contributed by atoms with E-state index in [4.69, 9.17) is 9.47 Å². The second-order valence-electron chi connectivity index (χ2n) is 6.21. The van der Waals surface area contributed by atoms with Crippen LogP contribution in [0.15, 0.2) is 54.6 Å². The molecule has 154 valence electrons. The molecule has 0 aliphatic rings. The number of para-hydroxylation sites is 1. The Bertz CT molecular complexity index is 824. The number of ether oxygens (including phenoxy) is 2. The van der Waals surface area contributed by atoms with E-state index >= 15 is 0 Å². The second kappa shape index (κ2) is 10.7. The van der Waals surface area contributed by atoms with E-state index in [0.29, 0.717) is 23.7 Å². The second-order valence-corrected chi connectivity index (χ2v) is 6.21. The third-order valence-electron chi connectivity index (χ3n) is 3.83. The molecule has 29 heavy (non-hydrogen) atoms. The number of benzene rings is 2. The summed E-state index contributed by atoms with van der Waals surface area (Å²) in [6.07, 6.45) is -1.03. The molecule has 0 heterocycles. The van der Waals surface area contributed by atoms with Gasteiger partial charge in [0.15, 0.2) is 6.10 Å². The third kappa shape index (κ3) is 7.17. The van der Waals surface area contributed by atoms with Crippen LogP contribution in [0.4, 0.5) is 16.2 Å². The third-order valence-corrected chi connectivity index (χ3v) is 3.83. The van der Waals surface area contributed by atoms with Crippen LogP contribution in [0, 0.1) is 0 Å². The van der Waals surface area contributed by atoms with Crippen LogP contribution in [0.3, 0.4) is 0 Å². The Labute approximate surface area is 169 Å². The van der Waals surface area contributed by atoms with Crippen LogP contribution >= 0.6 is 0 Å². The highest BCUT2D eigenvalue weighted by atomic mass is 16.5. The number of urea groups is 1. The smallest absolute Gasteiger partial charge is 0.329 e. The summed E-state index contributed by atoms with van der Waals surface area (Å²) in [6, 6.07) is 14.2. The number of amides is 3. The molecule has 2 aromatic carbocycles. The standard InChI is InChI=1S/C21H25N3O5/c1-4-28-18-12-10-17(11-13-18)23-19(25)15(3)29-20(26)14(2)22-21(27)24-16-8-6-5-7-9-16/h5-15H,4H2,1-3H3,(H,23,25)(H2,22,24,27)/t14-,15+/m0/s1. The lowest BCUT2D eigenvalue weighted by Gasteiger charge is -2.18. The van der Waals surface area contributed by atoms with Crippen molar-refractivity contribution in [1.82, 2.24) is 5.32 Å². The predicted molar refractivity (Wildman–Crippen MR) is 110 cm³/mol. The maximum atomic E-state index is 12.2. The highest BCUT2D eigenvalue weighted by molar-refractivity contribution is 5.96. The minimum atomic E-state index is -1.03. The van der Waals surface area contributed by atoms with E-state index in [-0.39, 0.29) is 0 Å². The first-order chi connectivity index (χ1) is 13.9. The summed E-state index contributed by atoms with van der Waals surface area (Å²) in [5.41, 5.74) is 1.14. The Kier molecular flexibility index (Phi) is 8.02. The summed E-state index contributed by atoms with van der Waals surface area (Å²) in [6.45, 7) is 5.36. The van der Waals surface area contributed by atoms with E-state index in [2.05, 4.69) is 16.0 Å². The fourth-order valence-corrected chi connectivity index (χ4v) is 2.32. The van der Waals surface area contributed by atoms with Crippen LogP contribution in [-0.4, -0.2) is 36.7 Å². The van der Waals surface area contributed by atoms with Gasteiger partial charge in [-0.25, -0.2) is 9.59 Å². The summed E-state index contributed by atoms with van der Waals surface area (Å²) in [4.78, 5) is 36.3. The Morgan fingerprint density at radius 3 is 2.14 bits per heavy atom. The SMILES string of the molecule is CCOc1ccc(NC(=O)[C@@H](C)OC(=O)[C@H](C)NC(=O)Nc2ccccc2)cc1. The fraction of sp³-hybridized carbons (Fsp3) is 0.286. The van der Waals surface area contributed by atoms with Gasteiger partial charge in [0.1, 0.15) is 11.8 Å². The first kappa shape index (κ1) is 21.7. The zero-order chi connectivity index (χ0) is 21.2. The van der Waals surface area contributed by atoms with Gasteiger partial charge in [0.05, 0.1) is 6.61 Å². The molecule has 8 heteroatoms. The Morgan fingerprint density at radius 1 is 0.897 bits per heavy atom. The van der Waals surface area contributed by atoms with Crippen LogP contribution in [0.1, 0.15) is 20.8 Å². The first-order valence-electron chi connectivity index (χ1n) is 9.25. The molecule has 0 unspecified atom stereocenters. The minimum Gasteiger partial charge on any atom is -0.494 e. The lowest BCUT2D eigenvalue weighted by Crippen LogP contribution is -2.44. The van der Waals surface area contributed by atoms with Crippen molar-refractivity contribution in [3.05, 3.63) is 54.6 Å². The average Bonchev–Trinajstić information content (AvgIpc) is 2.70. The van der Waals surface area contributed by atoms with Crippen molar-refractivity contribution in [2.24, 2.45) is 0 Å². The van der Waals surface area contributed by atoms with E-state index in [1.165, 1.54) is 13.8 Å². The molecule has 2 atom stereocenters. The summed E-state index contributed by atoms with van der Waals surface area (Å²) in [5, 5.41) is 7.73. The van der Waals surface area contributed by atoms with Gasteiger partial charge in [0.2, 0.25) is 0 Å². The number of carbonyl (C=O) groups is 3. The predicted octanol–water partition coefficient (Wildman–Crippen LogP) is 3.17. The van der Waals surface area contributed by atoms with Gasteiger partial charge < -0.3 is 25.4 Å². The molecule has 0 saturated heterocycles. The molecule has 0 spiro atoms. The van der Waals surface area contributed by atoms with Gasteiger partial charge >= 0.3 is 12.0 Å². The van der Waals surface area contributed by atoms with Crippen molar-refractivity contribution < 1.29 is 23.9 Å². The Hall–Kier alpha value is -3.55. The van der Waals surface area contributed by atoms with Crippen LogP contribution in [0.5, 0.6) is 5.75 Å². The van der Waals surface area contributed by atoms with Crippen molar-refractivity contribution in [3.8, 4) is 5.75 Å². The Morgan fingerprint density at radius 2 is 1.52 bits per heavy atom. The summed E-state index contributed by atoms with van der Waals surface area (Å²) in [5.74, 6) is -0.510. The zero-order valence-electron chi connectivity index (χ0n) is 16.6. The van der Waals surface area contributed by atoms with Crippen LogP contribution in [0.2, 0.25) is 0 Å². The van der Waals surface area contributed by atoms with E-state index in [1.807, 2.05) is 13.0 Å². The van der Waals surface area contributed by atoms with Gasteiger partial charge in [-0.3, -0.25) is 4.79 Å². The van der Waals surface area contributed by atoms with E-state index in [1.54, 1.807) is 48.5 Å². The average molecular weight is 399 g/mol. The van der Waals surface area contributed by atoms with Gasteiger partial charge in [-0.15, -0.1) is 0 Å². The number of rotatable bonds is 8. The van der Waals surface area contributed by atoms with Crippen LogP contribution in [-0.2, 0) is 14.3 Å². The zero-order valence-corrected chi connectivity index (χ0v) is 16.6. The van der Waals surface area contributed by atoms with E-state index < -0.39 is 30.1 Å². The first-order valence-corrected chi connectivity index (χ1v) is 9.25. The number of nitrogens with one attached hydrogen (secondary N) is 3. The summed E-state index contributed by atoms with van der Waals surface area (Å²) < 4.78 is 10.5. The van der Waals surface area contributed by atoms with Gasteiger partial charge in [0.25, 0.3) is 5.91 Å². The molecular weight excluding hydrogens is 374 g/mol. The van der Waals surface area contributed by atoms with Crippen molar-refractivity contribution in [3.63, 3.8) is 0 Å².